The van der Waals surface area contributed by atoms with E-state index in [1.165, 1.54) is 11.1 Å². The van der Waals surface area contributed by atoms with Gasteiger partial charge < -0.3 is 21.0 Å². The van der Waals surface area contributed by atoms with E-state index in [0.29, 0.717) is 12.7 Å². The number of amides is 3. The first kappa shape index (κ1) is 25.8. The van der Waals surface area contributed by atoms with Crippen molar-refractivity contribution in [2.45, 2.75) is 50.2 Å². The molecule has 1 aromatic carbocycles. The van der Waals surface area contributed by atoms with Crippen LogP contribution in [0.3, 0.4) is 0 Å². The number of fused-ring (bicyclic) bond motifs is 1. The molecule has 2 aliphatic rings. The van der Waals surface area contributed by atoms with E-state index in [4.69, 9.17) is 10.8 Å². The van der Waals surface area contributed by atoms with Crippen LogP contribution in [0.15, 0.2) is 36.4 Å². The number of hydrogen-bond donors (Lipinski definition) is 3. The van der Waals surface area contributed by atoms with Crippen molar-refractivity contribution >= 4 is 41.8 Å². The molecule has 0 bridgehead atoms. The molecule has 4 N–H and O–H groups in total. The van der Waals surface area contributed by atoms with Crippen LogP contribution in [0.1, 0.15) is 37.7 Å². The fourth-order valence-electron chi connectivity index (χ4n) is 4.28. The Kier molecular flexibility index (Phi) is 8.48. The number of nitrogens with zero attached hydrogens (tertiary/aromatic N) is 2. The summed E-state index contributed by atoms with van der Waals surface area (Å²) >= 11 is 0. The van der Waals surface area contributed by atoms with Crippen LogP contribution >= 0.6 is 0 Å². The Labute approximate surface area is 201 Å². The SMILES string of the molecule is NC(C(=O)/C=C/c1ccccc1)[C@H]1CCC(=O)N2CCC[C@@H](C(=O)N[C@H](C=O)CC(=O)O)N2C1=O. The predicted molar refractivity (Wildman–Crippen MR) is 123 cm³/mol. The monoisotopic (exact) mass is 484 g/mol. The largest absolute Gasteiger partial charge is 0.481 e. The Morgan fingerprint density at radius 1 is 1.17 bits per heavy atom. The molecule has 2 saturated heterocycles. The van der Waals surface area contributed by atoms with Gasteiger partial charge >= 0.3 is 5.97 Å². The average molecular weight is 485 g/mol. The molecular weight excluding hydrogens is 456 g/mol. The highest BCUT2D eigenvalue weighted by atomic mass is 16.4. The van der Waals surface area contributed by atoms with Crippen molar-refractivity contribution < 1.29 is 33.9 Å². The Morgan fingerprint density at radius 2 is 1.89 bits per heavy atom. The molecule has 11 nitrogen and oxygen atoms in total. The van der Waals surface area contributed by atoms with Crippen molar-refractivity contribution in [3.63, 3.8) is 0 Å². The average Bonchev–Trinajstić information content (AvgIpc) is 2.98. The maximum Gasteiger partial charge on any atom is 0.305 e. The number of nitrogens with two attached hydrogens (primary N) is 1. The van der Waals surface area contributed by atoms with Crippen molar-refractivity contribution in [2.24, 2.45) is 11.7 Å². The number of carboxylic acid groups (broad SMARTS) is 1. The number of ketones is 1. The van der Waals surface area contributed by atoms with Gasteiger partial charge in [-0.2, -0.15) is 0 Å². The zero-order chi connectivity index (χ0) is 25.5. The number of aldehydes is 1. The number of rotatable bonds is 9. The normalized spacial score (nSPS) is 22.2. The minimum absolute atomic E-state index is 0.0272. The molecule has 35 heavy (non-hydrogen) atoms. The fraction of sp³-hybridized carbons (Fsp3) is 0.417. The molecule has 0 aromatic heterocycles. The third-order valence-corrected chi connectivity index (χ3v) is 6.09. The van der Waals surface area contributed by atoms with Gasteiger partial charge in [0, 0.05) is 13.0 Å². The topological polar surface area (TPSA) is 167 Å². The Morgan fingerprint density at radius 3 is 2.54 bits per heavy atom. The molecule has 11 heteroatoms. The number of aliphatic carboxylic acids is 1. The van der Waals surface area contributed by atoms with Crippen molar-refractivity contribution in [2.75, 3.05) is 6.54 Å². The molecule has 0 spiro atoms. The smallest absolute Gasteiger partial charge is 0.305 e. The first-order valence-electron chi connectivity index (χ1n) is 11.4. The molecule has 2 fully saturated rings. The summed E-state index contributed by atoms with van der Waals surface area (Å²) in [6.45, 7) is 0.213. The lowest BCUT2D eigenvalue weighted by molar-refractivity contribution is -0.177. The van der Waals surface area contributed by atoms with Crippen LogP contribution < -0.4 is 11.1 Å². The van der Waals surface area contributed by atoms with Gasteiger partial charge in [-0.1, -0.05) is 36.4 Å². The van der Waals surface area contributed by atoms with Crippen LogP contribution in [0.2, 0.25) is 0 Å². The van der Waals surface area contributed by atoms with E-state index in [0.717, 1.165) is 10.6 Å². The Bertz CT molecular complexity index is 1030. The number of benzene rings is 1. The van der Waals surface area contributed by atoms with Gasteiger partial charge in [0.2, 0.25) is 17.7 Å². The minimum Gasteiger partial charge on any atom is -0.481 e. The highest BCUT2D eigenvalue weighted by molar-refractivity contribution is 6.02. The van der Waals surface area contributed by atoms with Crippen molar-refractivity contribution in [3.8, 4) is 0 Å². The van der Waals surface area contributed by atoms with Crippen LogP contribution in [0.4, 0.5) is 0 Å². The molecule has 1 unspecified atom stereocenters. The predicted octanol–water partition coefficient (Wildman–Crippen LogP) is -0.101. The Hall–Kier alpha value is -3.86. The van der Waals surface area contributed by atoms with Gasteiger partial charge in [-0.15, -0.1) is 0 Å². The second-order valence-electron chi connectivity index (χ2n) is 8.52. The fourth-order valence-corrected chi connectivity index (χ4v) is 4.28. The third kappa shape index (κ3) is 6.18. The van der Waals surface area contributed by atoms with E-state index in [9.17, 15) is 28.8 Å². The lowest BCUT2D eigenvalue weighted by Crippen LogP contribution is -2.63. The summed E-state index contributed by atoms with van der Waals surface area (Å²) in [5.41, 5.74) is 6.95. The number of carbonyl (C=O) groups excluding carboxylic acids is 5. The summed E-state index contributed by atoms with van der Waals surface area (Å²) < 4.78 is 0. The van der Waals surface area contributed by atoms with Crippen LogP contribution in [0, 0.1) is 5.92 Å². The van der Waals surface area contributed by atoms with Crippen LogP contribution in [-0.2, 0) is 28.8 Å². The van der Waals surface area contributed by atoms with Crippen LogP contribution in [0.25, 0.3) is 6.08 Å². The molecular formula is C24H28N4O7. The molecule has 4 atom stereocenters. The van der Waals surface area contributed by atoms with Crippen molar-refractivity contribution in [1.82, 2.24) is 15.3 Å². The number of carbonyl (C=O) groups is 6. The Balaban J connectivity index is 1.81. The molecule has 0 saturated carbocycles. The molecule has 1 aromatic rings. The van der Waals surface area contributed by atoms with Gasteiger partial charge in [0.15, 0.2) is 5.78 Å². The van der Waals surface area contributed by atoms with Gasteiger partial charge in [-0.3, -0.25) is 29.0 Å². The summed E-state index contributed by atoms with van der Waals surface area (Å²) in [7, 11) is 0. The first-order valence-corrected chi connectivity index (χ1v) is 11.4. The highest BCUT2D eigenvalue weighted by Crippen LogP contribution is 2.29. The quantitative estimate of drug-likeness (QED) is 0.323. The van der Waals surface area contributed by atoms with Gasteiger partial charge in [0.05, 0.1) is 24.4 Å². The second kappa shape index (κ2) is 11.5. The summed E-state index contributed by atoms with van der Waals surface area (Å²) in [5, 5.41) is 13.5. The van der Waals surface area contributed by atoms with E-state index >= 15 is 0 Å². The maximum atomic E-state index is 13.5. The molecule has 0 radical (unpaired) electrons. The summed E-state index contributed by atoms with van der Waals surface area (Å²) in [4.78, 5) is 74.1. The third-order valence-electron chi connectivity index (χ3n) is 6.09. The van der Waals surface area contributed by atoms with Gasteiger partial charge in [0.1, 0.15) is 12.3 Å². The lowest BCUT2D eigenvalue weighted by Gasteiger charge is -2.43. The summed E-state index contributed by atoms with van der Waals surface area (Å²) in [6, 6.07) is 5.42. The molecule has 0 aliphatic carbocycles. The minimum atomic E-state index is -1.28. The zero-order valence-corrected chi connectivity index (χ0v) is 19.0. The lowest BCUT2D eigenvalue weighted by atomic mass is 9.90. The number of hydrazine groups is 1. The molecule has 2 aliphatic heterocycles. The first-order chi connectivity index (χ1) is 16.7. The van der Waals surface area contributed by atoms with E-state index in [-0.39, 0.29) is 31.7 Å². The summed E-state index contributed by atoms with van der Waals surface area (Å²) in [6.07, 6.45) is 3.20. The summed E-state index contributed by atoms with van der Waals surface area (Å²) in [5.74, 6) is -4.57. The molecule has 2 heterocycles. The van der Waals surface area contributed by atoms with Gasteiger partial charge in [0.25, 0.3) is 0 Å². The number of carboxylic acids is 1. The standard InChI is InChI=1S/C24H28N4O7/c25-22(19(30)10-8-15-5-2-1-3-6-15)17-9-11-20(31)27-12-4-7-18(28(27)24(17)35)23(34)26-16(14-29)13-21(32)33/h1-3,5-6,8,10,14,16-18,22H,4,7,9,11-13,25H2,(H,26,34)(H,32,33)/b10-8+/t16-,17+,18-,22?/m0/s1. The van der Waals surface area contributed by atoms with E-state index in [1.54, 1.807) is 18.2 Å². The van der Waals surface area contributed by atoms with E-state index in [1.807, 2.05) is 18.2 Å². The van der Waals surface area contributed by atoms with Gasteiger partial charge in [-0.05, 0) is 30.9 Å². The van der Waals surface area contributed by atoms with Gasteiger partial charge in [-0.25, -0.2) is 5.01 Å². The number of nitrogens with one attached hydrogen (secondary N) is 1. The zero-order valence-electron chi connectivity index (χ0n) is 19.0. The van der Waals surface area contributed by atoms with E-state index < -0.39 is 54.0 Å². The maximum absolute atomic E-state index is 13.5. The highest BCUT2D eigenvalue weighted by Gasteiger charge is 2.46. The van der Waals surface area contributed by atoms with Crippen molar-refractivity contribution in [3.05, 3.63) is 42.0 Å². The van der Waals surface area contributed by atoms with Crippen molar-refractivity contribution in [1.29, 1.82) is 0 Å². The molecule has 3 amide bonds. The molecule has 186 valence electrons. The van der Waals surface area contributed by atoms with Crippen LogP contribution in [-0.4, -0.2) is 75.6 Å². The second-order valence-corrected chi connectivity index (χ2v) is 8.52. The number of hydrogen-bond acceptors (Lipinski definition) is 7. The van der Waals surface area contributed by atoms with Crippen LogP contribution in [0.5, 0.6) is 0 Å². The van der Waals surface area contributed by atoms with E-state index in [2.05, 4.69) is 5.32 Å². The molecule has 3 rings (SSSR count).